The smallest absolute Gasteiger partial charge is 0.170 e. The van der Waals surface area contributed by atoms with Crippen LogP contribution in [0.4, 0.5) is 0 Å². The van der Waals surface area contributed by atoms with E-state index in [1.807, 2.05) is 74.5 Å². The Morgan fingerprint density at radius 2 is 0.556 bits per heavy atom. The molecule has 0 aromatic carbocycles. The molecule has 5 aromatic rings. The summed E-state index contributed by atoms with van der Waals surface area (Å²) in [5.74, 6) is 6.85. The van der Waals surface area contributed by atoms with E-state index in [0.29, 0.717) is 46.1 Å². The van der Waals surface area contributed by atoms with Gasteiger partial charge in [0, 0.05) is 0 Å². The van der Waals surface area contributed by atoms with E-state index < -0.39 is 0 Å². The van der Waals surface area contributed by atoms with Crippen molar-refractivity contribution in [1.82, 2.24) is 0 Å². The van der Waals surface area contributed by atoms with Crippen molar-refractivity contribution < 1.29 is 22.1 Å². The van der Waals surface area contributed by atoms with Crippen LogP contribution in [0.15, 0.2) is 82.7 Å². The molecule has 27 heavy (non-hydrogen) atoms. The van der Waals surface area contributed by atoms with E-state index in [1.54, 1.807) is 0 Å². The molecule has 5 aromatic heterocycles. The zero-order valence-electron chi connectivity index (χ0n) is 14.8. The normalized spacial score (nSPS) is 11.3. The molecule has 134 valence electrons. The van der Waals surface area contributed by atoms with Crippen LogP contribution in [0.5, 0.6) is 0 Å². The maximum atomic E-state index is 5.92. The second kappa shape index (κ2) is 5.99. The summed E-state index contributed by atoms with van der Waals surface area (Å²) < 4.78 is 28.8. The Hall–Kier alpha value is -3.60. The van der Waals surface area contributed by atoms with E-state index in [2.05, 4.69) is 0 Å². The van der Waals surface area contributed by atoms with Crippen molar-refractivity contribution in [3.63, 3.8) is 0 Å². The number of aryl methyl sites for hydroxylation is 2. The van der Waals surface area contributed by atoms with Crippen LogP contribution in [0, 0.1) is 13.8 Å². The minimum absolute atomic E-state index is 0.617. The molecule has 0 N–H and O–H groups in total. The predicted octanol–water partition coefficient (Wildman–Crippen LogP) is 6.94. The van der Waals surface area contributed by atoms with E-state index in [9.17, 15) is 0 Å². The molecular formula is C22H16O5. The fourth-order valence-electron chi connectivity index (χ4n) is 2.94. The van der Waals surface area contributed by atoms with E-state index in [0.717, 1.165) is 11.5 Å². The average Bonchev–Trinajstić information content (AvgIpc) is 3.44. The van der Waals surface area contributed by atoms with Gasteiger partial charge in [-0.05, 0) is 74.5 Å². The van der Waals surface area contributed by atoms with Crippen LogP contribution in [-0.4, -0.2) is 0 Å². The molecule has 5 heterocycles. The highest BCUT2D eigenvalue weighted by atomic mass is 16.4. The Labute approximate surface area is 154 Å². The van der Waals surface area contributed by atoms with Gasteiger partial charge in [-0.1, -0.05) is 0 Å². The van der Waals surface area contributed by atoms with Crippen molar-refractivity contribution in [2.75, 3.05) is 0 Å². The lowest BCUT2D eigenvalue weighted by Gasteiger charge is -1.94. The van der Waals surface area contributed by atoms with Crippen LogP contribution >= 0.6 is 0 Å². The summed E-state index contributed by atoms with van der Waals surface area (Å²) in [6.07, 6.45) is 0. The third kappa shape index (κ3) is 2.83. The number of hydrogen-bond donors (Lipinski definition) is 0. The molecule has 0 bridgehead atoms. The summed E-state index contributed by atoms with van der Waals surface area (Å²) in [6, 6.07) is 18.7. The summed E-state index contributed by atoms with van der Waals surface area (Å²) in [5.41, 5.74) is 0. The standard InChI is InChI=1S/C22H16O5/c1-13-3-5-15(23-13)17-7-9-19(25-17)21-11-12-22(27-21)20-10-8-18(26-20)16-6-4-14(2)24-16/h3-12H,1-2H3. The lowest BCUT2D eigenvalue weighted by Crippen LogP contribution is -1.68. The quantitative estimate of drug-likeness (QED) is 0.347. The van der Waals surface area contributed by atoms with Crippen LogP contribution in [0.25, 0.3) is 46.1 Å². The highest BCUT2D eigenvalue weighted by Gasteiger charge is 2.16. The van der Waals surface area contributed by atoms with E-state index in [-0.39, 0.29) is 0 Å². The van der Waals surface area contributed by atoms with Crippen LogP contribution < -0.4 is 0 Å². The summed E-state index contributed by atoms with van der Waals surface area (Å²) in [7, 11) is 0. The molecule has 0 atom stereocenters. The first-order valence-electron chi connectivity index (χ1n) is 8.59. The lowest BCUT2D eigenvalue weighted by molar-refractivity contribution is 0.489. The summed E-state index contributed by atoms with van der Waals surface area (Å²) in [4.78, 5) is 0. The fraction of sp³-hybridized carbons (Fsp3) is 0.0909. The molecule has 0 saturated heterocycles. The molecule has 0 unspecified atom stereocenters. The molecule has 0 saturated carbocycles. The molecule has 5 heteroatoms. The molecule has 0 fully saturated rings. The van der Waals surface area contributed by atoms with Gasteiger partial charge in [-0.2, -0.15) is 0 Å². The Balaban J connectivity index is 1.42. The lowest BCUT2D eigenvalue weighted by atomic mass is 10.3. The van der Waals surface area contributed by atoms with Crippen molar-refractivity contribution in [2.45, 2.75) is 13.8 Å². The minimum atomic E-state index is 0.617. The third-order valence-corrected chi connectivity index (χ3v) is 4.27. The summed E-state index contributed by atoms with van der Waals surface area (Å²) in [6.45, 7) is 3.79. The van der Waals surface area contributed by atoms with E-state index in [1.165, 1.54) is 0 Å². The van der Waals surface area contributed by atoms with Gasteiger partial charge in [-0.15, -0.1) is 0 Å². The maximum absolute atomic E-state index is 5.92. The Morgan fingerprint density at radius 3 is 0.778 bits per heavy atom. The van der Waals surface area contributed by atoms with Gasteiger partial charge in [0.05, 0.1) is 0 Å². The Bertz CT molecular complexity index is 1110. The van der Waals surface area contributed by atoms with Crippen molar-refractivity contribution in [1.29, 1.82) is 0 Å². The first-order valence-corrected chi connectivity index (χ1v) is 8.59. The van der Waals surface area contributed by atoms with Crippen molar-refractivity contribution in [2.24, 2.45) is 0 Å². The van der Waals surface area contributed by atoms with E-state index >= 15 is 0 Å². The molecular weight excluding hydrogens is 344 g/mol. The van der Waals surface area contributed by atoms with Gasteiger partial charge in [0.25, 0.3) is 0 Å². The SMILES string of the molecule is Cc1ccc(-c2ccc(-c3ccc(-c4ccc(-c5ccc(C)o5)o4)o3)o2)o1. The molecule has 0 radical (unpaired) electrons. The molecule has 0 amide bonds. The van der Waals surface area contributed by atoms with Crippen LogP contribution in [0.3, 0.4) is 0 Å². The van der Waals surface area contributed by atoms with Gasteiger partial charge in [-0.3, -0.25) is 0 Å². The van der Waals surface area contributed by atoms with Gasteiger partial charge in [0.15, 0.2) is 46.1 Å². The number of rotatable bonds is 4. The van der Waals surface area contributed by atoms with Gasteiger partial charge in [-0.25, -0.2) is 0 Å². The van der Waals surface area contributed by atoms with Gasteiger partial charge in [0.1, 0.15) is 11.5 Å². The van der Waals surface area contributed by atoms with Crippen molar-refractivity contribution in [3.8, 4) is 46.1 Å². The highest BCUT2D eigenvalue weighted by Crippen LogP contribution is 2.35. The summed E-state index contributed by atoms with van der Waals surface area (Å²) >= 11 is 0. The Morgan fingerprint density at radius 1 is 0.333 bits per heavy atom. The highest BCUT2D eigenvalue weighted by molar-refractivity contribution is 5.63. The van der Waals surface area contributed by atoms with Crippen LogP contribution in [-0.2, 0) is 0 Å². The zero-order chi connectivity index (χ0) is 18.4. The first-order chi connectivity index (χ1) is 13.2. The molecule has 0 aliphatic rings. The van der Waals surface area contributed by atoms with Crippen molar-refractivity contribution >= 4 is 0 Å². The topological polar surface area (TPSA) is 65.7 Å². The van der Waals surface area contributed by atoms with Crippen LogP contribution in [0.1, 0.15) is 11.5 Å². The average molecular weight is 360 g/mol. The van der Waals surface area contributed by atoms with Gasteiger partial charge >= 0.3 is 0 Å². The molecule has 0 aliphatic heterocycles. The van der Waals surface area contributed by atoms with Gasteiger partial charge < -0.3 is 22.1 Å². The van der Waals surface area contributed by atoms with Crippen molar-refractivity contribution in [3.05, 3.63) is 72.2 Å². The van der Waals surface area contributed by atoms with Gasteiger partial charge in [0.2, 0.25) is 0 Å². The maximum Gasteiger partial charge on any atom is 0.170 e. The third-order valence-electron chi connectivity index (χ3n) is 4.27. The molecule has 0 spiro atoms. The molecule has 5 nitrogen and oxygen atoms in total. The number of furan rings is 5. The summed E-state index contributed by atoms with van der Waals surface area (Å²) in [5, 5.41) is 0. The second-order valence-electron chi connectivity index (χ2n) is 6.31. The minimum Gasteiger partial charge on any atom is -0.458 e. The Kier molecular flexibility index (Phi) is 3.47. The molecule has 0 aliphatic carbocycles. The largest absolute Gasteiger partial charge is 0.458 e. The molecule has 5 rings (SSSR count). The first kappa shape index (κ1) is 15.6. The van der Waals surface area contributed by atoms with E-state index in [4.69, 9.17) is 22.1 Å². The fourth-order valence-corrected chi connectivity index (χ4v) is 2.94. The zero-order valence-corrected chi connectivity index (χ0v) is 14.8. The second-order valence-corrected chi connectivity index (χ2v) is 6.31. The van der Waals surface area contributed by atoms with Crippen LogP contribution in [0.2, 0.25) is 0 Å². The number of hydrogen-bond acceptors (Lipinski definition) is 5. The monoisotopic (exact) mass is 360 g/mol. The predicted molar refractivity (Wildman–Crippen MR) is 99.0 cm³/mol.